The first kappa shape index (κ1) is 19.2. The molecule has 0 aliphatic heterocycles. The second-order valence-corrected chi connectivity index (χ2v) is 6.79. The fraction of sp³-hybridized carbons (Fsp3) is 0.533. The molecule has 1 aromatic carbocycles. The number of sulfonamides is 1. The molecule has 0 aliphatic carbocycles. The number of ether oxygens (including phenoxy) is 1. The Hall–Kier alpha value is -1.80. The van der Waals surface area contributed by atoms with Crippen molar-refractivity contribution in [2.24, 2.45) is 4.99 Å². The second-order valence-electron chi connectivity index (χ2n) is 4.95. The van der Waals surface area contributed by atoms with E-state index in [4.69, 9.17) is 4.74 Å². The van der Waals surface area contributed by atoms with Gasteiger partial charge in [0.2, 0.25) is 10.0 Å². The Balaban J connectivity index is 2.50. The molecule has 0 atom stereocenters. The molecular weight excluding hydrogens is 316 g/mol. The Morgan fingerprint density at radius 2 is 1.96 bits per heavy atom. The van der Waals surface area contributed by atoms with E-state index in [-0.39, 0.29) is 0 Å². The molecule has 3 N–H and O–H groups in total. The molecule has 0 saturated heterocycles. The van der Waals surface area contributed by atoms with Crippen molar-refractivity contribution in [2.45, 2.75) is 19.9 Å². The largest absolute Gasteiger partial charge is 0.496 e. The van der Waals surface area contributed by atoms with Gasteiger partial charge in [-0.05, 0) is 19.4 Å². The standard InChI is InChI=1S/C15H26N4O3S/c1-4-16-15(17-10-7-11-19-23(3,20)21)18-12-13-8-5-6-9-14(13)22-2/h5-6,8-9,19H,4,7,10-12H2,1-3H3,(H2,16,17,18). The van der Waals surface area contributed by atoms with Crippen LogP contribution in [0.3, 0.4) is 0 Å². The Morgan fingerprint density at radius 1 is 1.22 bits per heavy atom. The lowest BCUT2D eigenvalue weighted by Gasteiger charge is -2.12. The quantitative estimate of drug-likeness (QED) is 0.349. The SMILES string of the molecule is CCNC(=NCc1ccccc1OC)NCCCNS(C)(=O)=O. The summed E-state index contributed by atoms with van der Waals surface area (Å²) in [5, 5.41) is 6.33. The average Bonchev–Trinajstić information content (AvgIpc) is 2.51. The summed E-state index contributed by atoms with van der Waals surface area (Å²) in [6.45, 7) is 4.27. The number of guanidine groups is 1. The van der Waals surface area contributed by atoms with Gasteiger partial charge in [0.25, 0.3) is 0 Å². The van der Waals surface area contributed by atoms with Crippen LogP contribution in [0.1, 0.15) is 18.9 Å². The maximum atomic E-state index is 11.0. The van der Waals surface area contributed by atoms with Crippen LogP contribution in [-0.4, -0.2) is 47.4 Å². The van der Waals surface area contributed by atoms with Crippen molar-refractivity contribution in [1.29, 1.82) is 0 Å². The zero-order chi connectivity index (χ0) is 17.1. The highest BCUT2D eigenvalue weighted by Crippen LogP contribution is 2.17. The zero-order valence-electron chi connectivity index (χ0n) is 13.9. The molecule has 0 heterocycles. The normalized spacial score (nSPS) is 12.0. The number of rotatable bonds is 9. The van der Waals surface area contributed by atoms with E-state index in [9.17, 15) is 8.42 Å². The molecule has 0 aliphatic rings. The molecule has 0 radical (unpaired) electrons. The maximum Gasteiger partial charge on any atom is 0.208 e. The molecule has 23 heavy (non-hydrogen) atoms. The van der Waals surface area contributed by atoms with Crippen molar-refractivity contribution in [2.75, 3.05) is 33.0 Å². The maximum absolute atomic E-state index is 11.0. The summed E-state index contributed by atoms with van der Waals surface area (Å²) in [5.74, 6) is 1.50. The molecule has 1 rings (SSSR count). The van der Waals surface area contributed by atoms with Crippen LogP contribution in [0.15, 0.2) is 29.3 Å². The summed E-state index contributed by atoms with van der Waals surface area (Å²) in [6, 6.07) is 7.75. The predicted octanol–water partition coefficient (Wildman–Crippen LogP) is 0.690. The van der Waals surface area contributed by atoms with Crippen LogP contribution in [0, 0.1) is 0 Å². The number of methoxy groups -OCH3 is 1. The lowest BCUT2D eigenvalue weighted by atomic mass is 10.2. The van der Waals surface area contributed by atoms with Gasteiger partial charge in [0, 0.05) is 25.2 Å². The lowest BCUT2D eigenvalue weighted by molar-refractivity contribution is 0.410. The topological polar surface area (TPSA) is 91.8 Å². The number of hydrogen-bond donors (Lipinski definition) is 3. The van der Waals surface area contributed by atoms with Crippen molar-refractivity contribution in [1.82, 2.24) is 15.4 Å². The van der Waals surface area contributed by atoms with Crippen molar-refractivity contribution in [3.05, 3.63) is 29.8 Å². The highest BCUT2D eigenvalue weighted by molar-refractivity contribution is 7.88. The Labute approximate surface area is 138 Å². The minimum absolute atomic E-state index is 0.401. The van der Waals surface area contributed by atoms with E-state index in [0.29, 0.717) is 32.0 Å². The number of aliphatic imine (C=N–C) groups is 1. The van der Waals surface area contributed by atoms with Gasteiger partial charge in [-0.15, -0.1) is 0 Å². The lowest BCUT2D eigenvalue weighted by Crippen LogP contribution is -2.38. The van der Waals surface area contributed by atoms with Crippen LogP contribution >= 0.6 is 0 Å². The number of para-hydroxylation sites is 1. The van der Waals surface area contributed by atoms with E-state index in [1.807, 2.05) is 31.2 Å². The van der Waals surface area contributed by atoms with Crippen LogP contribution < -0.4 is 20.1 Å². The van der Waals surface area contributed by atoms with E-state index in [2.05, 4.69) is 20.3 Å². The predicted molar refractivity (Wildman–Crippen MR) is 93.3 cm³/mol. The molecule has 130 valence electrons. The Bertz CT molecular complexity index is 602. The van der Waals surface area contributed by atoms with Gasteiger partial charge in [-0.1, -0.05) is 18.2 Å². The van der Waals surface area contributed by atoms with Crippen LogP contribution in [0.25, 0.3) is 0 Å². The molecule has 0 saturated carbocycles. The minimum Gasteiger partial charge on any atom is -0.496 e. The van der Waals surface area contributed by atoms with Gasteiger partial charge in [0.05, 0.1) is 19.9 Å². The molecule has 0 bridgehead atoms. The summed E-state index contributed by atoms with van der Waals surface area (Å²) in [7, 11) is -1.49. The minimum atomic E-state index is -3.13. The molecule has 7 nitrogen and oxygen atoms in total. The van der Waals surface area contributed by atoms with Crippen molar-refractivity contribution in [3.63, 3.8) is 0 Å². The van der Waals surface area contributed by atoms with Crippen molar-refractivity contribution in [3.8, 4) is 5.75 Å². The van der Waals surface area contributed by atoms with Crippen LogP contribution in [0.4, 0.5) is 0 Å². The molecular formula is C15H26N4O3S. The fourth-order valence-electron chi connectivity index (χ4n) is 1.89. The first-order valence-corrected chi connectivity index (χ1v) is 9.44. The number of nitrogens with one attached hydrogen (secondary N) is 3. The number of hydrogen-bond acceptors (Lipinski definition) is 4. The van der Waals surface area contributed by atoms with Gasteiger partial charge in [-0.3, -0.25) is 0 Å². The molecule has 0 unspecified atom stereocenters. The highest BCUT2D eigenvalue weighted by Gasteiger charge is 2.03. The van der Waals surface area contributed by atoms with Gasteiger partial charge in [0.1, 0.15) is 5.75 Å². The van der Waals surface area contributed by atoms with E-state index >= 15 is 0 Å². The molecule has 0 fully saturated rings. The summed E-state index contributed by atoms with van der Waals surface area (Å²) >= 11 is 0. The van der Waals surface area contributed by atoms with E-state index in [1.54, 1.807) is 7.11 Å². The van der Waals surface area contributed by atoms with Crippen molar-refractivity contribution >= 4 is 16.0 Å². The van der Waals surface area contributed by atoms with Gasteiger partial charge >= 0.3 is 0 Å². The molecule has 8 heteroatoms. The fourth-order valence-corrected chi connectivity index (χ4v) is 2.41. The van der Waals surface area contributed by atoms with E-state index in [1.165, 1.54) is 0 Å². The highest BCUT2D eigenvalue weighted by atomic mass is 32.2. The summed E-state index contributed by atoms with van der Waals surface area (Å²) in [5.41, 5.74) is 1.01. The summed E-state index contributed by atoms with van der Waals surface area (Å²) in [6.07, 6.45) is 1.82. The monoisotopic (exact) mass is 342 g/mol. The first-order chi connectivity index (χ1) is 11.0. The van der Waals surface area contributed by atoms with Gasteiger partial charge < -0.3 is 15.4 Å². The second kappa shape index (κ2) is 10.1. The number of benzene rings is 1. The summed E-state index contributed by atoms with van der Waals surface area (Å²) in [4.78, 5) is 4.51. The molecule has 0 amide bonds. The van der Waals surface area contributed by atoms with Crippen LogP contribution in [0.2, 0.25) is 0 Å². The summed E-state index contributed by atoms with van der Waals surface area (Å²) < 4.78 is 29.7. The Kier molecular flexibility index (Phi) is 8.42. The smallest absolute Gasteiger partial charge is 0.208 e. The van der Waals surface area contributed by atoms with Crippen LogP contribution in [-0.2, 0) is 16.6 Å². The molecule has 1 aromatic rings. The third-order valence-electron chi connectivity index (χ3n) is 2.95. The van der Waals surface area contributed by atoms with Gasteiger partial charge in [-0.2, -0.15) is 0 Å². The van der Waals surface area contributed by atoms with Gasteiger partial charge in [-0.25, -0.2) is 18.1 Å². The molecule has 0 aromatic heterocycles. The van der Waals surface area contributed by atoms with E-state index in [0.717, 1.165) is 24.1 Å². The first-order valence-electron chi connectivity index (χ1n) is 7.55. The Morgan fingerprint density at radius 3 is 2.61 bits per heavy atom. The van der Waals surface area contributed by atoms with Crippen LogP contribution in [0.5, 0.6) is 5.75 Å². The third-order valence-corrected chi connectivity index (χ3v) is 3.68. The van der Waals surface area contributed by atoms with Crippen molar-refractivity contribution < 1.29 is 13.2 Å². The average molecular weight is 342 g/mol. The van der Waals surface area contributed by atoms with E-state index < -0.39 is 10.0 Å². The number of nitrogens with zero attached hydrogens (tertiary/aromatic N) is 1. The molecule has 0 spiro atoms. The van der Waals surface area contributed by atoms with Gasteiger partial charge in [0.15, 0.2) is 5.96 Å². The zero-order valence-corrected chi connectivity index (χ0v) is 14.7. The third kappa shape index (κ3) is 8.41.